The fourth-order valence-corrected chi connectivity index (χ4v) is 2.96. The van der Waals surface area contributed by atoms with Crippen LogP contribution in [0.2, 0.25) is 0 Å². The lowest BCUT2D eigenvalue weighted by molar-refractivity contribution is -0.121. The van der Waals surface area contributed by atoms with E-state index in [1.54, 1.807) is 0 Å². The van der Waals surface area contributed by atoms with Crippen molar-refractivity contribution in [3.63, 3.8) is 0 Å². The average molecular weight is 353 g/mol. The molecule has 0 aromatic rings. The number of amides is 1. The van der Waals surface area contributed by atoms with Gasteiger partial charge in [-0.3, -0.25) is 4.79 Å². The topological polar surface area (TPSA) is 58.5 Å². The van der Waals surface area contributed by atoms with Crippen molar-refractivity contribution in [2.75, 3.05) is 6.54 Å². The van der Waals surface area contributed by atoms with Crippen LogP contribution in [0.3, 0.4) is 0 Å². The lowest BCUT2D eigenvalue weighted by Crippen LogP contribution is -2.23. The number of unbranched alkanes of at least 4 members (excludes halogenated alkanes) is 12. The van der Waals surface area contributed by atoms with E-state index in [1.807, 2.05) is 0 Å². The number of nitroso groups, excluding NO2 is 1. The van der Waals surface area contributed by atoms with Crippen LogP contribution < -0.4 is 5.32 Å². The molecule has 0 aromatic heterocycles. The quantitative estimate of drug-likeness (QED) is 0.209. The largest absolute Gasteiger partial charge is 0.356 e. The Labute approximate surface area is 155 Å². The number of hydrogen-bond donors (Lipinski definition) is 1. The number of nitrogens with zero attached hydrogens (tertiary/aromatic N) is 1. The Morgan fingerprint density at radius 1 is 0.760 bits per heavy atom. The van der Waals surface area contributed by atoms with Gasteiger partial charge in [0, 0.05) is 13.0 Å². The van der Waals surface area contributed by atoms with Crippen molar-refractivity contribution < 1.29 is 4.79 Å². The van der Waals surface area contributed by atoms with Crippen LogP contribution in [0, 0.1) is 4.91 Å². The van der Waals surface area contributed by atoms with Gasteiger partial charge in [-0.1, -0.05) is 90.6 Å². The number of hydrogen-bond acceptors (Lipinski definition) is 3. The van der Waals surface area contributed by atoms with E-state index >= 15 is 0 Å². The minimum atomic E-state index is 0.118. The summed E-state index contributed by atoms with van der Waals surface area (Å²) in [6, 6.07) is 0. The molecule has 0 fully saturated rings. The van der Waals surface area contributed by atoms with Gasteiger partial charge in [0.1, 0.15) is 0 Å². The summed E-state index contributed by atoms with van der Waals surface area (Å²) >= 11 is 0. The highest BCUT2D eigenvalue weighted by molar-refractivity contribution is 5.75. The number of carbonyl (C=O) groups excluding carboxylic acids is 1. The van der Waals surface area contributed by atoms with Gasteiger partial charge in [-0.2, -0.15) is 0 Å². The van der Waals surface area contributed by atoms with E-state index in [0.717, 1.165) is 19.3 Å². The van der Waals surface area contributed by atoms with Gasteiger partial charge in [-0.15, -0.1) is 4.91 Å². The zero-order chi connectivity index (χ0) is 18.6. The Morgan fingerprint density at radius 3 is 1.72 bits per heavy atom. The standard InChI is InChI=1S/C21H40N2O2/c1-3-4-5-6-7-8-9-10-11-12-13-14-15-18-21(24)22-19-16-17-20(2)23-25/h2-19H2,1H3,(H,22,24). The Morgan fingerprint density at radius 2 is 1.24 bits per heavy atom. The molecular formula is C21H40N2O2. The van der Waals surface area contributed by atoms with Crippen LogP contribution >= 0.6 is 0 Å². The molecule has 0 aromatic carbocycles. The van der Waals surface area contributed by atoms with Gasteiger partial charge >= 0.3 is 0 Å². The highest BCUT2D eigenvalue weighted by Gasteiger charge is 2.01. The van der Waals surface area contributed by atoms with Gasteiger partial charge in [0.2, 0.25) is 5.91 Å². The van der Waals surface area contributed by atoms with E-state index in [2.05, 4.69) is 24.0 Å². The molecule has 0 aliphatic rings. The number of rotatable bonds is 19. The van der Waals surface area contributed by atoms with E-state index in [4.69, 9.17) is 0 Å². The molecule has 0 saturated heterocycles. The molecule has 4 heteroatoms. The predicted octanol–water partition coefficient (Wildman–Crippen LogP) is 6.64. The van der Waals surface area contributed by atoms with Gasteiger partial charge in [0.25, 0.3) is 0 Å². The molecule has 1 amide bonds. The average Bonchev–Trinajstić information content (AvgIpc) is 2.62. The molecule has 0 aliphatic heterocycles. The molecule has 25 heavy (non-hydrogen) atoms. The number of allylic oxidation sites excluding steroid dienone is 1. The summed E-state index contributed by atoms with van der Waals surface area (Å²) in [5.41, 5.74) is 0.353. The molecule has 0 radical (unpaired) electrons. The van der Waals surface area contributed by atoms with E-state index in [-0.39, 0.29) is 5.91 Å². The lowest BCUT2D eigenvalue weighted by atomic mass is 10.0. The maximum absolute atomic E-state index is 11.6. The first-order valence-corrected chi connectivity index (χ1v) is 10.5. The van der Waals surface area contributed by atoms with Crippen LogP contribution in [0.4, 0.5) is 0 Å². The summed E-state index contributed by atoms with van der Waals surface area (Å²) < 4.78 is 0. The van der Waals surface area contributed by atoms with E-state index in [1.165, 1.54) is 70.6 Å². The van der Waals surface area contributed by atoms with E-state index in [0.29, 0.717) is 25.1 Å². The normalized spacial score (nSPS) is 10.6. The number of nitrogens with one attached hydrogen (secondary N) is 1. The highest BCUT2D eigenvalue weighted by Crippen LogP contribution is 2.12. The molecule has 4 nitrogen and oxygen atoms in total. The third kappa shape index (κ3) is 19.0. The molecule has 0 bridgehead atoms. The highest BCUT2D eigenvalue weighted by atomic mass is 16.3. The molecule has 0 spiro atoms. The summed E-state index contributed by atoms with van der Waals surface area (Å²) in [6.07, 6.45) is 19.0. The summed E-state index contributed by atoms with van der Waals surface area (Å²) in [7, 11) is 0. The molecule has 0 rings (SSSR count). The van der Waals surface area contributed by atoms with Crippen LogP contribution in [0.5, 0.6) is 0 Å². The minimum Gasteiger partial charge on any atom is -0.356 e. The molecule has 146 valence electrons. The minimum absolute atomic E-state index is 0.118. The number of carbonyl (C=O) groups is 1. The summed E-state index contributed by atoms with van der Waals surface area (Å²) in [5.74, 6) is 0.118. The van der Waals surface area contributed by atoms with Gasteiger partial charge in [-0.05, 0) is 24.4 Å². The van der Waals surface area contributed by atoms with Crippen LogP contribution in [0.15, 0.2) is 17.5 Å². The van der Waals surface area contributed by atoms with E-state index < -0.39 is 0 Å². The van der Waals surface area contributed by atoms with Gasteiger partial charge in [-0.25, -0.2) is 0 Å². The van der Waals surface area contributed by atoms with Crippen molar-refractivity contribution in [1.29, 1.82) is 0 Å². The second-order valence-corrected chi connectivity index (χ2v) is 7.10. The first-order valence-electron chi connectivity index (χ1n) is 10.5. The first kappa shape index (κ1) is 23.8. The van der Waals surface area contributed by atoms with Crippen LogP contribution in [0.1, 0.15) is 110 Å². The van der Waals surface area contributed by atoms with Crippen molar-refractivity contribution in [1.82, 2.24) is 5.32 Å². The van der Waals surface area contributed by atoms with Crippen molar-refractivity contribution in [3.8, 4) is 0 Å². The third-order valence-electron chi connectivity index (χ3n) is 4.60. The Balaban J connectivity index is 3.18. The van der Waals surface area contributed by atoms with Gasteiger partial charge in [0.05, 0.1) is 5.70 Å². The predicted molar refractivity (Wildman–Crippen MR) is 107 cm³/mol. The van der Waals surface area contributed by atoms with Crippen molar-refractivity contribution >= 4 is 5.91 Å². The Kier molecular flexibility index (Phi) is 18.2. The van der Waals surface area contributed by atoms with Gasteiger partial charge < -0.3 is 5.32 Å². The summed E-state index contributed by atoms with van der Waals surface area (Å²) in [4.78, 5) is 21.8. The molecule has 0 saturated carbocycles. The maximum Gasteiger partial charge on any atom is 0.219 e. The second kappa shape index (κ2) is 19.1. The molecule has 0 unspecified atom stereocenters. The third-order valence-corrected chi connectivity index (χ3v) is 4.60. The molecule has 0 aliphatic carbocycles. The Bertz CT molecular complexity index is 343. The fourth-order valence-electron chi connectivity index (χ4n) is 2.96. The first-order chi connectivity index (χ1) is 12.2. The summed E-state index contributed by atoms with van der Waals surface area (Å²) in [5, 5.41) is 5.65. The van der Waals surface area contributed by atoms with Gasteiger partial charge in [0.15, 0.2) is 0 Å². The zero-order valence-electron chi connectivity index (χ0n) is 16.5. The second-order valence-electron chi connectivity index (χ2n) is 7.10. The summed E-state index contributed by atoms with van der Waals surface area (Å²) in [6.45, 7) is 6.38. The van der Waals surface area contributed by atoms with Crippen molar-refractivity contribution in [2.24, 2.45) is 5.18 Å². The van der Waals surface area contributed by atoms with Crippen LogP contribution in [-0.4, -0.2) is 12.5 Å². The van der Waals surface area contributed by atoms with Crippen LogP contribution in [0.25, 0.3) is 0 Å². The fraction of sp³-hybridized carbons (Fsp3) is 0.857. The van der Waals surface area contributed by atoms with Crippen molar-refractivity contribution in [2.45, 2.75) is 110 Å². The lowest BCUT2D eigenvalue weighted by Gasteiger charge is -2.05. The van der Waals surface area contributed by atoms with E-state index in [9.17, 15) is 9.70 Å². The molecule has 0 heterocycles. The smallest absolute Gasteiger partial charge is 0.219 e. The Hall–Kier alpha value is -1.19. The molecule has 0 atom stereocenters. The maximum atomic E-state index is 11.6. The van der Waals surface area contributed by atoms with Crippen LogP contribution in [-0.2, 0) is 4.79 Å². The van der Waals surface area contributed by atoms with Crippen molar-refractivity contribution in [3.05, 3.63) is 17.2 Å². The molecular weight excluding hydrogens is 312 g/mol. The SMILES string of the molecule is C=C(CCCNC(=O)CCCCCCCCCCCCCCC)N=O. The molecule has 1 N–H and O–H groups in total. The zero-order valence-corrected chi connectivity index (χ0v) is 16.5. The monoisotopic (exact) mass is 352 g/mol.